The van der Waals surface area contributed by atoms with Crippen molar-refractivity contribution in [3.05, 3.63) is 51.7 Å². The van der Waals surface area contributed by atoms with Crippen LogP contribution in [0.1, 0.15) is 11.1 Å². The number of anilines is 3. The molecule has 0 amide bonds. The van der Waals surface area contributed by atoms with Gasteiger partial charge in [0.15, 0.2) is 0 Å². The minimum absolute atomic E-state index is 0.245. The fourth-order valence-electron chi connectivity index (χ4n) is 1.86. The van der Waals surface area contributed by atoms with Crippen molar-refractivity contribution in [1.82, 2.24) is 0 Å². The summed E-state index contributed by atoms with van der Waals surface area (Å²) in [7, 11) is 0. The number of nitrogens with two attached hydrogens (primary N) is 1. The normalized spacial score (nSPS) is 10.1. The maximum Gasteiger partial charge on any atom is 0.139 e. The molecule has 0 saturated carbocycles. The SMILES string of the molecule is Cc1cc(Br)c(F)cc1Nc1ccc(N)c(CC#N)c1. The zero-order valence-electron chi connectivity index (χ0n) is 10.9. The molecule has 3 nitrogen and oxygen atoms in total. The molecule has 0 aliphatic heterocycles. The number of halogens is 2. The molecule has 0 aliphatic rings. The van der Waals surface area contributed by atoms with E-state index in [0.717, 1.165) is 16.8 Å². The van der Waals surface area contributed by atoms with Crippen LogP contribution in [-0.4, -0.2) is 0 Å². The summed E-state index contributed by atoms with van der Waals surface area (Å²) in [6.07, 6.45) is 0.245. The molecule has 3 N–H and O–H groups in total. The molecule has 2 rings (SSSR count). The summed E-state index contributed by atoms with van der Waals surface area (Å²) in [6.45, 7) is 1.89. The van der Waals surface area contributed by atoms with E-state index in [0.29, 0.717) is 15.8 Å². The predicted octanol–water partition coefficient (Wildman–Crippen LogP) is 4.29. The number of hydrogen-bond donors (Lipinski definition) is 2. The van der Waals surface area contributed by atoms with Gasteiger partial charge in [-0.15, -0.1) is 0 Å². The molecule has 0 saturated heterocycles. The fraction of sp³-hybridized carbons (Fsp3) is 0.133. The highest BCUT2D eigenvalue weighted by Crippen LogP contribution is 2.28. The lowest BCUT2D eigenvalue weighted by Crippen LogP contribution is -1.98. The van der Waals surface area contributed by atoms with Gasteiger partial charge in [-0.05, 0) is 64.3 Å². The number of nitrogen functional groups attached to an aromatic ring is 1. The molecule has 5 heteroatoms. The van der Waals surface area contributed by atoms with Crippen LogP contribution < -0.4 is 11.1 Å². The van der Waals surface area contributed by atoms with E-state index < -0.39 is 0 Å². The lowest BCUT2D eigenvalue weighted by atomic mass is 10.1. The van der Waals surface area contributed by atoms with Gasteiger partial charge in [0.1, 0.15) is 5.82 Å². The van der Waals surface area contributed by atoms with Crippen LogP contribution in [-0.2, 0) is 6.42 Å². The van der Waals surface area contributed by atoms with E-state index in [1.54, 1.807) is 24.3 Å². The Kier molecular flexibility index (Phi) is 4.26. The van der Waals surface area contributed by atoms with Crippen LogP contribution in [0.5, 0.6) is 0 Å². The molecule has 20 heavy (non-hydrogen) atoms. The van der Waals surface area contributed by atoms with Crippen LogP contribution in [0.15, 0.2) is 34.8 Å². The van der Waals surface area contributed by atoms with Crippen LogP contribution in [0.3, 0.4) is 0 Å². The molecule has 0 radical (unpaired) electrons. The summed E-state index contributed by atoms with van der Waals surface area (Å²) in [5.74, 6) is -0.328. The van der Waals surface area contributed by atoms with E-state index in [1.807, 2.05) is 6.92 Å². The molecule has 0 bridgehead atoms. The molecule has 0 heterocycles. The van der Waals surface area contributed by atoms with E-state index >= 15 is 0 Å². The Bertz CT molecular complexity index is 692. The van der Waals surface area contributed by atoms with Crippen LogP contribution in [0, 0.1) is 24.1 Å². The lowest BCUT2D eigenvalue weighted by molar-refractivity contribution is 0.621. The predicted molar refractivity (Wildman–Crippen MR) is 82.3 cm³/mol. The standard InChI is InChI=1S/C15H13BrFN3/c1-9-6-12(16)13(17)8-15(9)20-11-2-3-14(19)10(7-11)4-5-18/h2-3,6-8,20H,4,19H2,1H3. The average Bonchev–Trinajstić information content (AvgIpc) is 2.40. The number of nitrogens with one attached hydrogen (secondary N) is 1. The van der Waals surface area contributed by atoms with Gasteiger partial charge in [-0.2, -0.15) is 5.26 Å². The van der Waals surface area contributed by atoms with Crippen LogP contribution in [0.4, 0.5) is 21.5 Å². The van der Waals surface area contributed by atoms with Gasteiger partial charge in [-0.3, -0.25) is 0 Å². The van der Waals surface area contributed by atoms with Crippen molar-refractivity contribution in [2.45, 2.75) is 13.3 Å². The van der Waals surface area contributed by atoms with E-state index in [1.165, 1.54) is 6.07 Å². The third-order valence-electron chi connectivity index (χ3n) is 2.96. The summed E-state index contributed by atoms with van der Waals surface area (Å²) in [5.41, 5.74) is 9.50. The molecule has 102 valence electrons. The first-order valence-electron chi connectivity index (χ1n) is 5.99. The van der Waals surface area contributed by atoms with Gasteiger partial charge in [0, 0.05) is 17.1 Å². The first kappa shape index (κ1) is 14.4. The van der Waals surface area contributed by atoms with Crippen LogP contribution in [0.25, 0.3) is 0 Å². The molecule has 2 aromatic carbocycles. The Labute approximate surface area is 125 Å². The Balaban J connectivity index is 2.33. The van der Waals surface area contributed by atoms with Crippen molar-refractivity contribution < 1.29 is 4.39 Å². The van der Waals surface area contributed by atoms with Crippen LogP contribution >= 0.6 is 15.9 Å². The van der Waals surface area contributed by atoms with E-state index in [2.05, 4.69) is 27.3 Å². The molecular formula is C15H13BrFN3. The Hall–Kier alpha value is -2.06. The highest BCUT2D eigenvalue weighted by atomic mass is 79.9. The summed E-state index contributed by atoms with van der Waals surface area (Å²) in [4.78, 5) is 0. The third kappa shape index (κ3) is 3.09. The number of nitrogens with zero attached hydrogens (tertiary/aromatic N) is 1. The van der Waals surface area contributed by atoms with E-state index in [4.69, 9.17) is 11.0 Å². The Morgan fingerprint density at radius 1 is 1.35 bits per heavy atom. The fourth-order valence-corrected chi connectivity index (χ4v) is 2.32. The third-order valence-corrected chi connectivity index (χ3v) is 3.57. The number of benzene rings is 2. The van der Waals surface area contributed by atoms with Gasteiger partial charge >= 0.3 is 0 Å². The van der Waals surface area contributed by atoms with Gasteiger partial charge in [-0.1, -0.05) is 0 Å². The molecule has 0 aromatic heterocycles. The monoisotopic (exact) mass is 333 g/mol. The minimum Gasteiger partial charge on any atom is -0.398 e. The zero-order valence-corrected chi connectivity index (χ0v) is 12.5. The van der Waals surface area contributed by atoms with Crippen molar-refractivity contribution >= 4 is 33.0 Å². The van der Waals surface area contributed by atoms with Crippen molar-refractivity contribution in [1.29, 1.82) is 5.26 Å². The molecular weight excluding hydrogens is 321 g/mol. The minimum atomic E-state index is -0.328. The van der Waals surface area contributed by atoms with Gasteiger partial charge in [0.25, 0.3) is 0 Å². The Morgan fingerprint density at radius 2 is 2.10 bits per heavy atom. The van der Waals surface area contributed by atoms with Crippen molar-refractivity contribution in [2.75, 3.05) is 11.1 Å². The number of hydrogen-bond acceptors (Lipinski definition) is 3. The summed E-state index contributed by atoms with van der Waals surface area (Å²) < 4.78 is 14.0. The number of rotatable bonds is 3. The second-order valence-corrected chi connectivity index (χ2v) is 5.31. The first-order valence-corrected chi connectivity index (χ1v) is 6.78. The molecule has 0 fully saturated rings. The van der Waals surface area contributed by atoms with E-state index in [9.17, 15) is 4.39 Å². The zero-order chi connectivity index (χ0) is 14.7. The summed E-state index contributed by atoms with van der Waals surface area (Å²) >= 11 is 3.15. The highest BCUT2D eigenvalue weighted by molar-refractivity contribution is 9.10. The maximum atomic E-state index is 13.6. The topological polar surface area (TPSA) is 61.8 Å². The van der Waals surface area contributed by atoms with Gasteiger partial charge in [0.05, 0.1) is 17.0 Å². The molecule has 2 aromatic rings. The van der Waals surface area contributed by atoms with Gasteiger partial charge in [0.2, 0.25) is 0 Å². The Morgan fingerprint density at radius 3 is 2.80 bits per heavy atom. The second-order valence-electron chi connectivity index (χ2n) is 4.45. The summed E-state index contributed by atoms with van der Waals surface area (Å²) in [6, 6.07) is 10.6. The quantitative estimate of drug-likeness (QED) is 0.823. The molecule has 0 aliphatic carbocycles. The van der Waals surface area contributed by atoms with Crippen molar-refractivity contribution in [2.24, 2.45) is 0 Å². The second kappa shape index (κ2) is 5.93. The lowest BCUT2D eigenvalue weighted by Gasteiger charge is -2.12. The maximum absolute atomic E-state index is 13.6. The van der Waals surface area contributed by atoms with Crippen molar-refractivity contribution in [3.63, 3.8) is 0 Å². The van der Waals surface area contributed by atoms with Crippen molar-refractivity contribution in [3.8, 4) is 6.07 Å². The van der Waals surface area contributed by atoms with Crippen LogP contribution in [0.2, 0.25) is 0 Å². The molecule has 0 spiro atoms. The van der Waals surface area contributed by atoms with Gasteiger partial charge < -0.3 is 11.1 Å². The van der Waals surface area contributed by atoms with E-state index in [-0.39, 0.29) is 12.2 Å². The average molecular weight is 334 g/mol. The first-order chi connectivity index (χ1) is 9.51. The molecule has 0 atom stereocenters. The number of nitriles is 1. The number of aryl methyl sites for hydroxylation is 1. The highest BCUT2D eigenvalue weighted by Gasteiger charge is 2.07. The smallest absolute Gasteiger partial charge is 0.139 e. The molecule has 0 unspecified atom stereocenters. The van der Waals surface area contributed by atoms with Gasteiger partial charge in [-0.25, -0.2) is 4.39 Å². The largest absolute Gasteiger partial charge is 0.398 e. The summed E-state index contributed by atoms with van der Waals surface area (Å²) in [5, 5.41) is 11.9.